The lowest BCUT2D eigenvalue weighted by Gasteiger charge is -2.32. The lowest BCUT2D eigenvalue weighted by Crippen LogP contribution is -2.41. The first kappa shape index (κ1) is 17.8. The number of nitrogens with one attached hydrogen (secondary N) is 2. The zero-order chi connectivity index (χ0) is 19.0. The van der Waals surface area contributed by atoms with Crippen LogP contribution in [0.4, 0.5) is 10.1 Å². The van der Waals surface area contributed by atoms with Gasteiger partial charge in [0.15, 0.2) is 0 Å². The smallest absolute Gasteiger partial charge is 0.240 e. The van der Waals surface area contributed by atoms with Crippen molar-refractivity contribution in [2.24, 2.45) is 0 Å². The molecular weight excluding hydrogens is 389 g/mol. The second kappa shape index (κ2) is 7.21. The normalized spacial score (nSPS) is 18.5. The molecule has 4 rings (SSSR count). The summed E-state index contributed by atoms with van der Waals surface area (Å²) < 4.78 is 15.1. The Bertz CT molecular complexity index is 997. The minimum Gasteiger partial charge on any atom is -0.325 e. The lowest BCUT2D eigenvalue weighted by atomic mass is 10.0. The maximum absolute atomic E-state index is 13.4. The number of carbonyl (C=O) groups excluding carboxylic acids is 1. The molecule has 0 saturated carbocycles. The molecule has 2 heterocycles. The highest BCUT2D eigenvalue weighted by atomic mass is 35.5. The van der Waals surface area contributed by atoms with Gasteiger partial charge in [0.1, 0.15) is 16.9 Å². The lowest BCUT2D eigenvalue weighted by molar-refractivity contribution is -0.116. The predicted octanol–water partition coefficient (Wildman–Crippen LogP) is 3.78. The monoisotopic (exact) mass is 403 g/mol. The maximum Gasteiger partial charge on any atom is 0.240 e. The van der Waals surface area contributed by atoms with Gasteiger partial charge in [-0.1, -0.05) is 53.7 Å². The molecule has 0 radical (unpaired) electrons. The number of hydrogen-bond donors (Lipinski definition) is 2. The number of nitrogens with zero attached hydrogens (tertiary/aromatic N) is 3. The Balaban J connectivity index is 1.65. The molecule has 1 aliphatic heterocycles. The fraction of sp³-hybridized carbons (Fsp3) is 0.167. The van der Waals surface area contributed by atoms with E-state index in [0.717, 1.165) is 5.56 Å². The fourth-order valence-corrected chi connectivity index (χ4v) is 4.16. The molecule has 9 heteroatoms. The first-order valence-corrected chi connectivity index (χ1v) is 9.45. The summed E-state index contributed by atoms with van der Waals surface area (Å²) in [5.41, 5.74) is 4.71. The molecule has 2 aromatic carbocycles. The number of aromatic nitrogens is 3. The van der Waals surface area contributed by atoms with Crippen LogP contribution < -0.4 is 10.7 Å². The van der Waals surface area contributed by atoms with Gasteiger partial charge in [0.05, 0.1) is 11.1 Å². The van der Waals surface area contributed by atoms with Crippen LogP contribution in [-0.2, 0) is 4.79 Å². The first-order valence-electron chi connectivity index (χ1n) is 8.19. The van der Waals surface area contributed by atoms with Crippen LogP contribution in [0.5, 0.6) is 0 Å². The molecule has 1 aliphatic rings. The van der Waals surface area contributed by atoms with Crippen molar-refractivity contribution in [2.45, 2.75) is 23.4 Å². The Morgan fingerprint density at radius 3 is 2.78 bits per heavy atom. The standard InChI is InChI=1S/C18H15ClFN5OS/c1-10-22-23-18-25(10)24-15(11-5-3-2-4-6-11)16(27-18)17(26)21-12-7-8-14(20)13(19)9-12/h2-9,15-16,24H,1H3,(H,21,26)/t15-,16-/m0/s1. The number of thioether (sulfide) groups is 1. The van der Waals surface area contributed by atoms with Crippen LogP contribution in [0.2, 0.25) is 5.02 Å². The van der Waals surface area contributed by atoms with Gasteiger partial charge in [-0.25, -0.2) is 9.07 Å². The molecule has 0 aliphatic carbocycles. The maximum atomic E-state index is 13.4. The number of hydrogen-bond acceptors (Lipinski definition) is 5. The molecular formula is C18H15ClFN5OS. The number of halogens is 2. The largest absolute Gasteiger partial charge is 0.325 e. The van der Waals surface area contributed by atoms with E-state index in [0.29, 0.717) is 16.7 Å². The Kier molecular flexibility index (Phi) is 4.75. The number of aryl methyl sites for hydroxylation is 1. The first-order chi connectivity index (χ1) is 13.0. The molecule has 0 fully saturated rings. The van der Waals surface area contributed by atoms with E-state index in [1.54, 1.807) is 4.68 Å². The van der Waals surface area contributed by atoms with Crippen molar-refractivity contribution in [3.8, 4) is 0 Å². The van der Waals surface area contributed by atoms with Crippen molar-refractivity contribution in [1.29, 1.82) is 0 Å². The molecule has 1 amide bonds. The van der Waals surface area contributed by atoms with Crippen LogP contribution in [0, 0.1) is 12.7 Å². The van der Waals surface area contributed by atoms with E-state index in [1.165, 1.54) is 30.0 Å². The minimum absolute atomic E-state index is 0.0443. The van der Waals surface area contributed by atoms with E-state index in [2.05, 4.69) is 20.9 Å². The number of fused-ring (bicyclic) bond motifs is 1. The van der Waals surface area contributed by atoms with Gasteiger partial charge >= 0.3 is 0 Å². The molecule has 1 aromatic heterocycles. The Morgan fingerprint density at radius 1 is 1.26 bits per heavy atom. The number of benzene rings is 2. The van der Waals surface area contributed by atoms with Crippen molar-refractivity contribution >= 4 is 35.0 Å². The predicted molar refractivity (Wildman–Crippen MR) is 103 cm³/mol. The summed E-state index contributed by atoms with van der Waals surface area (Å²) in [5, 5.41) is 11.0. The topological polar surface area (TPSA) is 71.8 Å². The van der Waals surface area contributed by atoms with Crippen molar-refractivity contribution in [1.82, 2.24) is 14.9 Å². The van der Waals surface area contributed by atoms with Crippen molar-refractivity contribution in [3.63, 3.8) is 0 Å². The fourth-order valence-electron chi connectivity index (χ4n) is 2.86. The highest BCUT2D eigenvalue weighted by molar-refractivity contribution is 8.00. The molecule has 0 unspecified atom stereocenters. The molecule has 138 valence electrons. The van der Waals surface area contributed by atoms with E-state index in [9.17, 15) is 9.18 Å². The Hall–Kier alpha value is -2.58. The third-order valence-electron chi connectivity index (χ3n) is 4.20. The Labute approximate surface area is 164 Å². The second-order valence-electron chi connectivity index (χ2n) is 6.04. The number of amides is 1. The third-order valence-corrected chi connectivity index (χ3v) is 5.71. The van der Waals surface area contributed by atoms with Gasteiger partial charge in [0, 0.05) is 5.69 Å². The zero-order valence-electron chi connectivity index (χ0n) is 14.2. The van der Waals surface area contributed by atoms with Crippen molar-refractivity contribution in [3.05, 3.63) is 70.8 Å². The molecule has 2 N–H and O–H groups in total. The number of rotatable bonds is 3. The Morgan fingerprint density at radius 2 is 2.04 bits per heavy atom. The van der Waals surface area contributed by atoms with Crippen LogP contribution in [-0.4, -0.2) is 26.0 Å². The van der Waals surface area contributed by atoms with Crippen LogP contribution >= 0.6 is 23.4 Å². The number of anilines is 1. The summed E-state index contributed by atoms with van der Waals surface area (Å²) in [4.78, 5) is 13.0. The van der Waals surface area contributed by atoms with E-state index in [4.69, 9.17) is 11.6 Å². The molecule has 0 saturated heterocycles. The van der Waals surface area contributed by atoms with Gasteiger partial charge in [0.2, 0.25) is 11.1 Å². The second-order valence-corrected chi connectivity index (χ2v) is 7.56. The zero-order valence-corrected chi connectivity index (χ0v) is 15.8. The third kappa shape index (κ3) is 3.50. The van der Waals surface area contributed by atoms with Gasteiger partial charge in [0.25, 0.3) is 0 Å². The van der Waals surface area contributed by atoms with Gasteiger partial charge in [-0.2, -0.15) is 0 Å². The molecule has 2 atom stereocenters. The van der Waals surface area contributed by atoms with E-state index in [-0.39, 0.29) is 17.0 Å². The molecule has 27 heavy (non-hydrogen) atoms. The SMILES string of the molecule is Cc1nnc2n1N[C@@H](c1ccccc1)[C@@H](C(=O)Nc1ccc(F)c(Cl)c1)S2. The van der Waals surface area contributed by atoms with Gasteiger partial charge in [-0.05, 0) is 30.7 Å². The van der Waals surface area contributed by atoms with Crippen LogP contribution in [0.1, 0.15) is 17.4 Å². The van der Waals surface area contributed by atoms with Crippen LogP contribution in [0.15, 0.2) is 53.7 Å². The summed E-state index contributed by atoms with van der Waals surface area (Å²) in [6.45, 7) is 1.84. The highest BCUT2D eigenvalue weighted by Crippen LogP contribution is 2.37. The summed E-state index contributed by atoms with van der Waals surface area (Å²) in [5.74, 6) is -0.0624. The average Bonchev–Trinajstić information content (AvgIpc) is 3.04. The molecule has 0 spiro atoms. The van der Waals surface area contributed by atoms with Crippen LogP contribution in [0.25, 0.3) is 0 Å². The van der Waals surface area contributed by atoms with Gasteiger partial charge < -0.3 is 10.7 Å². The van der Waals surface area contributed by atoms with Crippen molar-refractivity contribution in [2.75, 3.05) is 10.7 Å². The highest BCUT2D eigenvalue weighted by Gasteiger charge is 2.37. The van der Waals surface area contributed by atoms with E-state index in [1.807, 2.05) is 37.3 Å². The van der Waals surface area contributed by atoms with Gasteiger partial charge in [-0.3, -0.25) is 4.79 Å². The number of carbonyl (C=O) groups is 1. The van der Waals surface area contributed by atoms with E-state index >= 15 is 0 Å². The summed E-state index contributed by atoms with van der Waals surface area (Å²) in [6.07, 6.45) is 0. The van der Waals surface area contributed by atoms with E-state index < -0.39 is 11.1 Å². The average molecular weight is 404 g/mol. The molecule has 6 nitrogen and oxygen atoms in total. The molecule has 0 bridgehead atoms. The molecule has 3 aromatic rings. The minimum atomic E-state index is -0.533. The van der Waals surface area contributed by atoms with Crippen molar-refractivity contribution < 1.29 is 9.18 Å². The summed E-state index contributed by atoms with van der Waals surface area (Å²) in [6, 6.07) is 13.5. The van der Waals surface area contributed by atoms with Gasteiger partial charge in [-0.15, -0.1) is 10.2 Å². The summed E-state index contributed by atoms with van der Waals surface area (Å²) in [7, 11) is 0. The summed E-state index contributed by atoms with van der Waals surface area (Å²) >= 11 is 7.14. The quantitative estimate of drug-likeness (QED) is 0.696. The van der Waals surface area contributed by atoms with Crippen LogP contribution in [0.3, 0.4) is 0 Å².